The molecule has 0 bridgehead atoms. The molecule has 0 fully saturated rings. The lowest BCUT2D eigenvalue weighted by atomic mass is 9.94. The second-order valence-corrected chi connectivity index (χ2v) is 6.58. The molecule has 0 amide bonds. The van der Waals surface area contributed by atoms with Gasteiger partial charge >= 0.3 is 0 Å². The summed E-state index contributed by atoms with van der Waals surface area (Å²) in [4.78, 5) is 13.1. The molecule has 0 aliphatic carbocycles. The Kier molecular flexibility index (Phi) is 4.69. The molecule has 0 radical (unpaired) electrons. The minimum atomic E-state index is -0.298. The Labute approximate surface area is 168 Å². The molecule has 0 spiro atoms. The number of carbonyl (C=O) groups excluding carboxylic acids is 1. The molecule has 0 atom stereocenters. The van der Waals surface area contributed by atoms with Crippen molar-refractivity contribution in [1.82, 2.24) is 9.78 Å². The average Bonchev–Trinajstić information content (AvgIpc) is 3.16. The molecule has 7 nitrogen and oxygen atoms in total. The van der Waals surface area contributed by atoms with Crippen LogP contribution >= 0.6 is 0 Å². The molecule has 7 heteroatoms. The van der Waals surface area contributed by atoms with E-state index in [-0.39, 0.29) is 17.0 Å². The Morgan fingerprint density at radius 2 is 1.76 bits per heavy atom. The van der Waals surface area contributed by atoms with E-state index < -0.39 is 0 Å². The first-order valence-corrected chi connectivity index (χ1v) is 9.06. The zero-order valence-electron chi connectivity index (χ0n) is 16.4. The van der Waals surface area contributed by atoms with Crippen LogP contribution in [0.4, 0.5) is 0 Å². The van der Waals surface area contributed by atoms with Gasteiger partial charge in [0.2, 0.25) is 5.78 Å². The molecular weight excluding hydrogens is 370 g/mol. The van der Waals surface area contributed by atoms with Gasteiger partial charge in [-0.15, -0.1) is 0 Å². The topological polar surface area (TPSA) is 86.4 Å². The van der Waals surface area contributed by atoms with Gasteiger partial charge in [0.25, 0.3) is 0 Å². The van der Waals surface area contributed by atoms with E-state index in [1.54, 1.807) is 50.3 Å². The van der Waals surface area contributed by atoms with Crippen LogP contribution in [0.15, 0.2) is 36.4 Å². The van der Waals surface area contributed by atoms with Gasteiger partial charge in [-0.3, -0.25) is 9.48 Å². The number of aromatic nitrogens is 2. The largest absolute Gasteiger partial charge is 0.497 e. The van der Waals surface area contributed by atoms with Crippen LogP contribution in [0.5, 0.6) is 17.2 Å². The maximum atomic E-state index is 13.1. The zero-order chi connectivity index (χ0) is 20.5. The summed E-state index contributed by atoms with van der Waals surface area (Å²) in [6, 6.07) is 12.7. The van der Waals surface area contributed by atoms with Gasteiger partial charge in [-0.1, -0.05) is 0 Å². The quantitative estimate of drug-likeness (QED) is 0.623. The molecule has 4 rings (SSSR count). The van der Waals surface area contributed by atoms with Crippen LogP contribution in [0.3, 0.4) is 0 Å². The Bertz CT molecular complexity index is 1140. The first-order valence-electron chi connectivity index (χ1n) is 9.06. The van der Waals surface area contributed by atoms with E-state index in [9.17, 15) is 10.1 Å². The van der Waals surface area contributed by atoms with Gasteiger partial charge in [0.05, 0.1) is 27.0 Å². The van der Waals surface area contributed by atoms with E-state index >= 15 is 0 Å². The highest BCUT2D eigenvalue weighted by molar-refractivity contribution is 6.10. The number of carbonyl (C=O) groups is 1. The number of hydrogen-bond donors (Lipinski definition) is 0. The number of nitriles is 1. The van der Waals surface area contributed by atoms with Crippen molar-refractivity contribution in [3.8, 4) is 34.6 Å². The molecule has 0 N–H and O–H groups in total. The smallest absolute Gasteiger partial charge is 0.214 e. The first-order chi connectivity index (χ1) is 14.1. The van der Waals surface area contributed by atoms with Crippen molar-refractivity contribution in [2.24, 2.45) is 0 Å². The summed E-state index contributed by atoms with van der Waals surface area (Å²) in [5.41, 5.74) is 3.34. The summed E-state index contributed by atoms with van der Waals surface area (Å²) in [6.45, 7) is 0.572. The third-order valence-electron chi connectivity index (χ3n) is 5.09. The van der Waals surface area contributed by atoms with E-state index in [1.165, 1.54) is 0 Å². The van der Waals surface area contributed by atoms with Crippen molar-refractivity contribution >= 4 is 5.78 Å². The van der Waals surface area contributed by atoms with Gasteiger partial charge in [0.1, 0.15) is 17.4 Å². The number of nitrogens with zero attached hydrogens (tertiary/aromatic N) is 3. The summed E-state index contributed by atoms with van der Waals surface area (Å²) in [5, 5.41) is 14.3. The number of fused-ring (bicyclic) bond motifs is 3. The second-order valence-electron chi connectivity index (χ2n) is 6.58. The number of aryl methyl sites for hydroxylation is 2. The third kappa shape index (κ3) is 2.99. The predicted molar refractivity (Wildman–Crippen MR) is 106 cm³/mol. The van der Waals surface area contributed by atoms with Crippen LogP contribution in [0.2, 0.25) is 0 Å². The van der Waals surface area contributed by atoms with E-state index in [4.69, 9.17) is 14.2 Å². The second kappa shape index (κ2) is 7.32. The van der Waals surface area contributed by atoms with Gasteiger partial charge in [0.15, 0.2) is 17.2 Å². The number of methoxy groups -OCH3 is 3. The molecule has 3 aromatic rings. The van der Waals surface area contributed by atoms with Crippen molar-refractivity contribution in [2.75, 3.05) is 21.3 Å². The van der Waals surface area contributed by atoms with Crippen LogP contribution in [0.25, 0.3) is 11.3 Å². The molecule has 2 aromatic carbocycles. The number of ketones is 1. The van der Waals surface area contributed by atoms with Crippen molar-refractivity contribution < 1.29 is 19.0 Å². The number of ether oxygens (including phenoxy) is 3. The van der Waals surface area contributed by atoms with Gasteiger partial charge in [-0.05, 0) is 48.4 Å². The van der Waals surface area contributed by atoms with Crippen LogP contribution in [0.1, 0.15) is 27.2 Å². The van der Waals surface area contributed by atoms with E-state index in [1.807, 2.05) is 12.1 Å². The third-order valence-corrected chi connectivity index (χ3v) is 5.09. The van der Waals surface area contributed by atoms with Gasteiger partial charge < -0.3 is 14.2 Å². The minimum Gasteiger partial charge on any atom is -0.497 e. The number of rotatable bonds is 5. The normalized spacial score (nSPS) is 11.8. The monoisotopic (exact) mass is 389 g/mol. The molecule has 0 saturated heterocycles. The molecule has 146 valence electrons. The summed E-state index contributed by atoms with van der Waals surface area (Å²) in [5.74, 6) is 1.55. The fourth-order valence-corrected chi connectivity index (χ4v) is 3.62. The lowest BCUT2D eigenvalue weighted by Crippen LogP contribution is -2.13. The number of benzene rings is 2. The molecule has 1 aliphatic rings. The highest BCUT2D eigenvalue weighted by atomic mass is 16.5. The molecule has 0 saturated carbocycles. The first kappa shape index (κ1) is 18.6. The molecule has 1 aliphatic heterocycles. The van der Waals surface area contributed by atoms with Crippen LogP contribution in [0, 0.1) is 11.3 Å². The van der Waals surface area contributed by atoms with Gasteiger partial charge in [-0.25, -0.2) is 0 Å². The summed E-state index contributed by atoms with van der Waals surface area (Å²) < 4.78 is 17.7. The van der Waals surface area contributed by atoms with E-state index in [2.05, 4.69) is 11.2 Å². The fraction of sp³-hybridized carbons (Fsp3) is 0.227. The van der Waals surface area contributed by atoms with Crippen molar-refractivity contribution in [1.29, 1.82) is 5.26 Å². The lowest BCUT2D eigenvalue weighted by molar-refractivity contribution is 0.103. The van der Waals surface area contributed by atoms with Crippen molar-refractivity contribution in [2.45, 2.75) is 13.0 Å². The van der Waals surface area contributed by atoms with Crippen LogP contribution < -0.4 is 14.2 Å². The SMILES string of the molecule is COc1ccc(C(=O)c2nn3c(c2C#N)-c2cc(OC)c(OC)cc2CC3)cc1. The summed E-state index contributed by atoms with van der Waals surface area (Å²) in [6.07, 6.45) is 0.714. The molecule has 29 heavy (non-hydrogen) atoms. The average molecular weight is 389 g/mol. The van der Waals surface area contributed by atoms with Crippen LogP contribution in [-0.2, 0) is 13.0 Å². The standard InChI is InChI=1S/C22H19N3O4/c1-27-15-6-4-13(5-7-15)22(26)20-17(12-23)21-16-11-19(29-3)18(28-2)10-14(16)8-9-25(21)24-20/h4-7,10-11H,8-9H2,1-3H3. The highest BCUT2D eigenvalue weighted by Crippen LogP contribution is 2.40. The number of hydrogen-bond acceptors (Lipinski definition) is 6. The van der Waals surface area contributed by atoms with Crippen LogP contribution in [-0.4, -0.2) is 36.9 Å². The summed E-state index contributed by atoms with van der Waals surface area (Å²) in [7, 11) is 4.71. The Morgan fingerprint density at radius 3 is 2.38 bits per heavy atom. The molecule has 1 aromatic heterocycles. The Hall–Kier alpha value is -3.79. The predicted octanol–water partition coefficient (Wildman–Crippen LogP) is 3.23. The van der Waals surface area contributed by atoms with E-state index in [0.717, 1.165) is 11.1 Å². The van der Waals surface area contributed by atoms with Crippen molar-refractivity contribution in [3.05, 3.63) is 58.8 Å². The molecule has 0 unspecified atom stereocenters. The molecule has 2 heterocycles. The molecular formula is C22H19N3O4. The fourth-order valence-electron chi connectivity index (χ4n) is 3.62. The van der Waals surface area contributed by atoms with E-state index in [0.29, 0.717) is 41.5 Å². The van der Waals surface area contributed by atoms with Crippen molar-refractivity contribution in [3.63, 3.8) is 0 Å². The highest BCUT2D eigenvalue weighted by Gasteiger charge is 2.29. The Morgan fingerprint density at radius 1 is 1.07 bits per heavy atom. The van der Waals surface area contributed by atoms with Gasteiger partial charge in [0, 0.05) is 17.7 Å². The maximum absolute atomic E-state index is 13.1. The zero-order valence-corrected chi connectivity index (χ0v) is 16.4. The van der Waals surface area contributed by atoms with Gasteiger partial charge in [-0.2, -0.15) is 10.4 Å². The minimum absolute atomic E-state index is 0.148. The lowest BCUT2D eigenvalue weighted by Gasteiger charge is -2.20. The maximum Gasteiger partial charge on any atom is 0.214 e. The Balaban J connectivity index is 1.85. The summed E-state index contributed by atoms with van der Waals surface area (Å²) >= 11 is 0.